The summed E-state index contributed by atoms with van der Waals surface area (Å²) in [5.74, 6) is 0.956. The maximum atomic E-state index is 12.2. The third-order valence-corrected chi connectivity index (χ3v) is 3.80. The summed E-state index contributed by atoms with van der Waals surface area (Å²) in [6, 6.07) is 19.8. The van der Waals surface area contributed by atoms with Gasteiger partial charge >= 0.3 is 0 Å². The third kappa shape index (κ3) is 3.65. The molecule has 2 aromatic carbocycles. The van der Waals surface area contributed by atoms with E-state index >= 15 is 0 Å². The van der Waals surface area contributed by atoms with Crippen molar-refractivity contribution >= 4 is 5.91 Å². The summed E-state index contributed by atoms with van der Waals surface area (Å²) in [6.45, 7) is 2.28. The molecule has 1 aliphatic heterocycles. The lowest BCUT2D eigenvalue weighted by molar-refractivity contribution is -0.136. The minimum atomic E-state index is 0.0432. The summed E-state index contributed by atoms with van der Waals surface area (Å²) in [5, 5.41) is 3.17. The highest BCUT2D eigenvalue weighted by atomic mass is 16.5. The summed E-state index contributed by atoms with van der Waals surface area (Å²) in [4.78, 5) is 14.1. The van der Waals surface area contributed by atoms with E-state index in [-0.39, 0.29) is 11.9 Å². The molecule has 0 aromatic heterocycles. The van der Waals surface area contributed by atoms with Gasteiger partial charge in [-0.15, -0.1) is 0 Å². The summed E-state index contributed by atoms with van der Waals surface area (Å²) < 4.78 is 5.83. The molecule has 4 nitrogen and oxygen atoms in total. The molecule has 0 spiro atoms. The van der Waals surface area contributed by atoms with E-state index < -0.39 is 0 Å². The predicted molar refractivity (Wildman–Crippen MR) is 85.6 cm³/mol. The maximum absolute atomic E-state index is 12.2. The van der Waals surface area contributed by atoms with Crippen molar-refractivity contribution in [3.8, 4) is 5.75 Å². The number of benzene rings is 2. The van der Waals surface area contributed by atoms with Crippen molar-refractivity contribution in [3.05, 3.63) is 66.2 Å². The molecule has 114 valence electrons. The smallest absolute Gasteiger partial charge is 0.237 e. The fourth-order valence-electron chi connectivity index (χ4n) is 2.62. The highest BCUT2D eigenvalue weighted by Crippen LogP contribution is 2.14. The number of rotatable bonds is 5. The standard InChI is InChI=1S/C18H20N2O2/c21-18-12-19-11-16(14-22-17-9-5-2-6-10-17)20(18)13-15-7-3-1-4-8-15/h1-10,16,19H,11-14H2/t16-/m1/s1. The Bertz CT molecular complexity index is 601. The number of hydrogen-bond acceptors (Lipinski definition) is 3. The van der Waals surface area contributed by atoms with Gasteiger partial charge in [0.15, 0.2) is 0 Å². The maximum Gasteiger partial charge on any atom is 0.237 e. The first-order valence-corrected chi connectivity index (χ1v) is 7.55. The van der Waals surface area contributed by atoms with Crippen LogP contribution in [0.1, 0.15) is 5.56 Å². The molecular weight excluding hydrogens is 276 g/mol. The minimum absolute atomic E-state index is 0.0432. The largest absolute Gasteiger partial charge is 0.491 e. The Balaban J connectivity index is 1.66. The number of amides is 1. The van der Waals surface area contributed by atoms with Crippen molar-refractivity contribution in [2.24, 2.45) is 0 Å². The molecule has 1 N–H and O–H groups in total. The Labute approximate surface area is 130 Å². The van der Waals surface area contributed by atoms with E-state index in [4.69, 9.17) is 4.74 Å². The Morgan fingerprint density at radius 2 is 1.73 bits per heavy atom. The second kappa shape index (κ2) is 7.09. The van der Waals surface area contributed by atoms with E-state index in [2.05, 4.69) is 5.32 Å². The Kier molecular flexibility index (Phi) is 4.71. The molecule has 1 fully saturated rings. The molecule has 0 bridgehead atoms. The van der Waals surface area contributed by atoms with Crippen LogP contribution in [0.15, 0.2) is 60.7 Å². The number of piperazine rings is 1. The van der Waals surface area contributed by atoms with Gasteiger partial charge in [-0.2, -0.15) is 0 Å². The van der Waals surface area contributed by atoms with Gasteiger partial charge < -0.3 is 15.0 Å². The number of carbonyl (C=O) groups excluding carboxylic acids is 1. The molecule has 1 heterocycles. The topological polar surface area (TPSA) is 41.6 Å². The first-order chi connectivity index (χ1) is 10.8. The molecule has 0 unspecified atom stereocenters. The predicted octanol–water partition coefficient (Wildman–Crippen LogP) is 2.07. The molecule has 3 rings (SSSR count). The summed E-state index contributed by atoms with van der Waals surface area (Å²) in [5.41, 5.74) is 1.14. The van der Waals surface area contributed by atoms with Crippen LogP contribution in [-0.2, 0) is 11.3 Å². The fourth-order valence-corrected chi connectivity index (χ4v) is 2.62. The number of para-hydroxylation sites is 1. The number of nitrogens with one attached hydrogen (secondary N) is 1. The van der Waals surface area contributed by atoms with Crippen LogP contribution in [0.2, 0.25) is 0 Å². The van der Waals surface area contributed by atoms with E-state index in [1.807, 2.05) is 65.6 Å². The Morgan fingerprint density at radius 3 is 2.45 bits per heavy atom. The van der Waals surface area contributed by atoms with Crippen LogP contribution in [0.25, 0.3) is 0 Å². The van der Waals surface area contributed by atoms with E-state index in [1.165, 1.54) is 0 Å². The minimum Gasteiger partial charge on any atom is -0.491 e. The Morgan fingerprint density at radius 1 is 1.05 bits per heavy atom. The molecular formula is C18H20N2O2. The number of hydrogen-bond donors (Lipinski definition) is 1. The lowest BCUT2D eigenvalue weighted by Crippen LogP contribution is -2.56. The molecule has 1 atom stereocenters. The molecule has 22 heavy (non-hydrogen) atoms. The zero-order chi connectivity index (χ0) is 15.2. The number of ether oxygens (including phenoxy) is 1. The van der Waals surface area contributed by atoms with Gasteiger partial charge in [-0.05, 0) is 17.7 Å². The van der Waals surface area contributed by atoms with Gasteiger partial charge in [0, 0.05) is 13.1 Å². The van der Waals surface area contributed by atoms with Gasteiger partial charge in [0.05, 0.1) is 12.6 Å². The summed E-state index contributed by atoms with van der Waals surface area (Å²) in [6.07, 6.45) is 0. The molecule has 0 radical (unpaired) electrons. The first-order valence-electron chi connectivity index (χ1n) is 7.55. The van der Waals surface area contributed by atoms with E-state index in [1.54, 1.807) is 0 Å². The second-order valence-corrected chi connectivity index (χ2v) is 5.42. The molecule has 0 saturated carbocycles. The molecule has 2 aromatic rings. The molecule has 4 heteroatoms. The van der Waals surface area contributed by atoms with Crippen molar-refractivity contribution < 1.29 is 9.53 Å². The average Bonchev–Trinajstić information content (AvgIpc) is 2.57. The van der Waals surface area contributed by atoms with Crippen LogP contribution < -0.4 is 10.1 Å². The zero-order valence-electron chi connectivity index (χ0n) is 12.4. The fraction of sp³-hybridized carbons (Fsp3) is 0.278. The van der Waals surface area contributed by atoms with Crippen LogP contribution in [0.5, 0.6) is 5.75 Å². The first kappa shape index (κ1) is 14.6. The average molecular weight is 296 g/mol. The zero-order valence-corrected chi connectivity index (χ0v) is 12.4. The molecule has 1 aliphatic rings. The lowest BCUT2D eigenvalue weighted by Gasteiger charge is -2.36. The quantitative estimate of drug-likeness (QED) is 0.918. The van der Waals surface area contributed by atoms with Crippen LogP contribution >= 0.6 is 0 Å². The number of carbonyl (C=O) groups is 1. The van der Waals surface area contributed by atoms with E-state index in [0.717, 1.165) is 17.9 Å². The number of nitrogens with zero attached hydrogens (tertiary/aromatic N) is 1. The Hall–Kier alpha value is -2.33. The highest BCUT2D eigenvalue weighted by Gasteiger charge is 2.28. The lowest BCUT2D eigenvalue weighted by atomic mass is 10.1. The van der Waals surface area contributed by atoms with E-state index in [9.17, 15) is 4.79 Å². The highest BCUT2D eigenvalue weighted by molar-refractivity contribution is 5.79. The SMILES string of the molecule is O=C1CNC[C@H](COc2ccccc2)N1Cc1ccccc1. The second-order valence-electron chi connectivity index (χ2n) is 5.42. The van der Waals surface area contributed by atoms with Crippen molar-refractivity contribution in [2.45, 2.75) is 12.6 Å². The van der Waals surface area contributed by atoms with Crippen LogP contribution in [-0.4, -0.2) is 36.5 Å². The van der Waals surface area contributed by atoms with Crippen molar-refractivity contribution in [1.29, 1.82) is 0 Å². The molecule has 0 aliphatic carbocycles. The molecule has 1 saturated heterocycles. The van der Waals surface area contributed by atoms with Gasteiger partial charge in [0.25, 0.3) is 0 Å². The van der Waals surface area contributed by atoms with Gasteiger partial charge in [0.1, 0.15) is 12.4 Å². The van der Waals surface area contributed by atoms with Gasteiger partial charge in [0.2, 0.25) is 5.91 Å². The van der Waals surface area contributed by atoms with Crippen molar-refractivity contribution in [1.82, 2.24) is 10.2 Å². The van der Waals surface area contributed by atoms with Gasteiger partial charge in [-0.25, -0.2) is 0 Å². The van der Waals surface area contributed by atoms with Crippen LogP contribution in [0, 0.1) is 0 Å². The van der Waals surface area contributed by atoms with Crippen molar-refractivity contribution in [3.63, 3.8) is 0 Å². The van der Waals surface area contributed by atoms with Crippen molar-refractivity contribution in [2.75, 3.05) is 19.7 Å². The summed E-state index contributed by atoms with van der Waals surface area (Å²) >= 11 is 0. The molecule has 1 amide bonds. The monoisotopic (exact) mass is 296 g/mol. The van der Waals surface area contributed by atoms with Crippen LogP contribution in [0.3, 0.4) is 0 Å². The van der Waals surface area contributed by atoms with E-state index in [0.29, 0.717) is 19.7 Å². The summed E-state index contributed by atoms with van der Waals surface area (Å²) in [7, 11) is 0. The van der Waals surface area contributed by atoms with Gasteiger partial charge in [-0.1, -0.05) is 48.5 Å². The normalized spacial score (nSPS) is 18.3. The van der Waals surface area contributed by atoms with Gasteiger partial charge in [-0.3, -0.25) is 4.79 Å². The van der Waals surface area contributed by atoms with Crippen LogP contribution in [0.4, 0.5) is 0 Å². The third-order valence-electron chi connectivity index (χ3n) is 3.80.